The lowest BCUT2D eigenvalue weighted by Crippen LogP contribution is -2.39. The first-order chi connectivity index (χ1) is 12.0. The normalized spacial score (nSPS) is 13.5. The molecule has 0 radical (unpaired) electrons. The second kappa shape index (κ2) is 11.0. The molecule has 0 aliphatic rings. The van der Waals surface area contributed by atoms with Gasteiger partial charge < -0.3 is 15.4 Å². The molecular weight excluding hydrogens is 484 g/mol. The number of nitrogens with one attached hydrogen (secondary N) is 2. The zero-order valence-electron chi connectivity index (χ0n) is 16.8. The number of benzene rings is 1. The summed E-state index contributed by atoms with van der Waals surface area (Å²) >= 11 is 0. The fourth-order valence-corrected chi connectivity index (χ4v) is 3.09. The van der Waals surface area contributed by atoms with E-state index in [1.54, 1.807) is 32.9 Å². The average molecular weight is 515 g/mol. The van der Waals surface area contributed by atoms with Crippen molar-refractivity contribution < 1.29 is 17.5 Å². The van der Waals surface area contributed by atoms with E-state index in [1.807, 2.05) is 13.8 Å². The number of aliphatic imine (C=N–C) groups is 1. The summed E-state index contributed by atoms with van der Waals surface area (Å²) in [7, 11) is -1.81. The van der Waals surface area contributed by atoms with Crippen LogP contribution in [0.5, 0.6) is 5.75 Å². The van der Waals surface area contributed by atoms with E-state index in [0.29, 0.717) is 12.5 Å². The van der Waals surface area contributed by atoms with E-state index < -0.39 is 20.4 Å². The molecule has 0 saturated carbocycles. The summed E-state index contributed by atoms with van der Waals surface area (Å²) in [6.45, 7) is 9.60. The minimum atomic E-state index is -3.23. The minimum Gasteiger partial charge on any atom is -0.494 e. The maximum absolute atomic E-state index is 13.9. The summed E-state index contributed by atoms with van der Waals surface area (Å²) in [4.78, 5) is 4.33. The van der Waals surface area contributed by atoms with Gasteiger partial charge in [-0.3, -0.25) is 4.99 Å². The number of halogens is 2. The summed E-state index contributed by atoms with van der Waals surface area (Å²) in [5, 5.41) is 6.23. The van der Waals surface area contributed by atoms with Gasteiger partial charge in [-0.2, -0.15) is 0 Å². The van der Waals surface area contributed by atoms with Crippen LogP contribution in [-0.4, -0.2) is 45.1 Å². The van der Waals surface area contributed by atoms with E-state index >= 15 is 0 Å². The summed E-state index contributed by atoms with van der Waals surface area (Å²) in [6, 6.07) is 4.53. The van der Waals surface area contributed by atoms with Crippen LogP contribution in [0.2, 0.25) is 0 Å². The molecule has 0 aliphatic heterocycles. The van der Waals surface area contributed by atoms with Gasteiger partial charge in [0.1, 0.15) is 0 Å². The molecule has 0 bridgehead atoms. The van der Waals surface area contributed by atoms with Crippen molar-refractivity contribution in [2.75, 3.05) is 26.0 Å². The van der Waals surface area contributed by atoms with Gasteiger partial charge in [-0.25, -0.2) is 12.8 Å². The topological polar surface area (TPSA) is 79.8 Å². The predicted octanol–water partition coefficient (Wildman–Crippen LogP) is 3.28. The van der Waals surface area contributed by atoms with Crippen LogP contribution in [0.15, 0.2) is 23.2 Å². The number of methoxy groups -OCH3 is 1. The van der Waals surface area contributed by atoms with Crippen molar-refractivity contribution in [3.8, 4) is 5.75 Å². The third kappa shape index (κ3) is 7.81. The van der Waals surface area contributed by atoms with Crippen LogP contribution in [0.4, 0.5) is 4.39 Å². The molecule has 0 amide bonds. The van der Waals surface area contributed by atoms with Crippen LogP contribution in [0.25, 0.3) is 0 Å². The Kier molecular flexibility index (Phi) is 10.6. The lowest BCUT2D eigenvalue weighted by Gasteiger charge is -2.20. The first-order valence-corrected chi connectivity index (χ1v) is 10.3. The number of ether oxygens (including phenoxy) is 1. The van der Waals surface area contributed by atoms with Gasteiger partial charge in [0.05, 0.1) is 30.2 Å². The average Bonchev–Trinajstić information content (AvgIpc) is 2.53. The van der Waals surface area contributed by atoms with E-state index in [9.17, 15) is 12.8 Å². The molecule has 1 unspecified atom stereocenters. The monoisotopic (exact) mass is 515 g/mol. The molecule has 0 fully saturated rings. The van der Waals surface area contributed by atoms with Crippen LogP contribution in [0.1, 0.15) is 46.2 Å². The van der Waals surface area contributed by atoms with Gasteiger partial charge >= 0.3 is 0 Å². The Hall–Kier alpha value is -1.10. The molecule has 156 valence electrons. The van der Waals surface area contributed by atoms with Gasteiger partial charge in [-0.15, -0.1) is 24.0 Å². The maximum Gasteiger partial charge on any atom is 0.191 e. The third-order valence-corrected chi connectivity index (χ3v) is 6.52. The van der Waals surface area contributed by atoms with E-state index in [-0.39, 0.29) is 48.1 Å². The first-order valence-electron chi connectivity index (χ1n) is 8.62. The Balaban J connectivity index is 0.00000676. The summed E-state index contributed by atoms with van der Waals surface area (Å²) in [5.41, 5.74) is 0.733. The van der Waals surface area contributed by atoms with Gasteiger partial charge in [0, 0.05) is 6.54 Å². The second-order valence-corrected chi connectivity index (χ2v) is 9.81. The molecule has 6 nitrogen and oxygen atoms in total. The molecule has 1 atom stereocenters. The van der Waals surface area contributed by atoms with Crippen LogP contribution in [-0.2, 0) is 9.84 Å². The summed E-state index contributed by atoms with van der Waals surface area (Å²) < 4.78 is 42.3. The summed E-state index contributed by atoms with van der Waals surface area (Å²) in [5.74, 6) is 0.213. The Morgan fingerprint density at radius 2 is 1.96 bits per heavy atom. The number of hydrogen-bond acceptors (Lipinski definition) is 4. The lowest BCUT2D eigenvalue weighted by atomic mass is 10.1. The summed E-state index contributed by atoms with van der Waals surface area (Å²) in [6.07, 6.45) is 0. The van der Waals surface area contributed by atoms with Crippen LogP contribution in [0, 0.1) is 5.82 Å². The van der Waals surface area contributed by atoms with E-state index in [1.165, 1.54) is 13.2 Å². The van der Waals surface area contributed by atoms with Crippen molar-refractivity contribution in [2.45, 2.75) is 45.4 Å². The largest absolute Gasteiger partial charge is 0.494 e. The lowest BCUT2D eigenvalue weighted by molar-refractivity contribution is 0.386. The van der Waals surface area contributed by atoms with Crippen molar-refractivity contribution >= 4 is 39.8 Å². The molecule has 1 aromatic carbocycles. The highest BCUT2D eigenvalue weighted by molar-refractivity contribution is 14.0. The van der Waals surface area contributed by atoms with Crippen molar-refractivity contribution in [2.24, 2.45) is 4.99 Å². The zero-order chi connectivity index (χ0) is 20.0. The molecule has 0 aliphatic carbocycles. The van der Waals surface area contributed by atoms with E-state index in [0.717, 1.165) is 5.56 Å². The smallest absolute Gasteiger partial charge is 0.191 e. The zero-order valence-corrected chi connectivity index (χ0v) is 19.9. The van der Waals surface area contributed by atoms with Crippen molar-refractivity contribution in [3.63, 3.8) is 0 Å². The van der Waals surface area contributed by atoms with Crippen molar-refractivity contribution in [1.29, 1.82) is 0 Å². The molecule has 0 saturated heterocycles. The standard InChI is InChI=1S/C18H30FN3O3S.HI/c1-7-20-17(21-10-11-26(23,24)18(3,4)5)22-13(2)14-8-9-16(25-6)15(19)12-14;/h8-9,12-13H,7,10-11H2,1-6H3,(H2,20,21,22);1H. The van der Waals surface area contributed by atoms with Crippen LogP contribution in [0.3, 0.4) is 0 Å². The van der Waals surface area contributed by atoms with Gasteiger partial charge in [-0.1, -0.05) is 6.07 Å². The molecule has 27 heavy (non-hydrogen) atoms. The maximum atomic E-state index is 13.9. The number of sulfone groups is 1. The van der Waals surface area contributed by atoms with Crippen LogP contribution >= 0.6 is 24.0 Å². The van der Waals surface area contributed by atoms with Crippen molar-refractivity contribution in [3.05, 3.63) is 29.6 Å². The molecule has 1 aromatic rings. The van der Waals surface area contributed by atoms with Crippen LogP contribution < -0.4 is 15.4 Å². The number of guanidine groups is 1. The highest BCUT2D eigenvalue weighted by atomic mass is 127. The fraction of sp³-hybridized carbons (Fsp3) is 0.611. The van der Waals surface area contributed by atoms with Gasteiger partial charge in [0.15, 0.2) is 27.4 Å². The highest BCUT2D eigenvalue weighted by Crippen LogP contribution is 2.21. The molecule has 9 heteroatoms. The molecule has 0 aromatic heterocycles. The fourth-order valence-electron chi connectivity index (χ4n) is 2.14. The quantitative estimate of drug-likeness (QED) is 0.331. The molecule has 2 N–H and O–H groups in total. The van der Waals surface area contributed by atoms with Gasteiger partial charge in [0.25, 0.3) is 0 Å². The van der Waals surface area contributed by atoms with Gasteiger partial charge in [-0.05, 0) is 52.3 Å². The Morgan fingerprint density at radius 3 is 2.44 bits per heavy atom. The molecule has 0 heterocycles. The third-order valence-electron chi connectivity index (χ3n) is 3.94. The Bertz CT molecular complexity index is 734. The molecular formula is C18H31FIN3O3S. The second-order valence-electron chi connectivity index (χ2n) is 6.95. The minimum absolute atomic E-state index is 0. The number of nitrogens with zero attached hydrogens (tertiary/aromatic N) is 1. The Labute approximate surface area is 179 Å². The molecule has 1 rings (SSSR count). The predicted molar refractivity (Wildman–Crippen MR) is 119 cm³/mol. The Morgan fingerprint density at radius 1 is 1.33 bits per heavy atom. The van der Waals surface area contributed by atoms with Crippen molar-refractivity contribution in [1.82, 2.24) is 10.6 Å². The number of hydrogen-bond donors (Lipinski definition) is 2. The van der Waals surface area contributed by atoms with E-state index in [4.69, 9.17) is 4.74 Å². The van der Waals surface area contributed by atoms with E-state index in [2.05, 4.69) is 15.6 Å². The SMILES string of the molecule is CCNC(=NCCS(=O)(=O)C(C)(C)C)NC(C)c1ccc(OC)c(F)c1.I. The first kappa shape index (κ1) is 25.9. The number of rotatable bonds is 7. The highest BCUT2D eigenvalue weighted by Gasteiger charge is 2.28. The molecule has 0 spiro atoms. The van der Waals surface area contributed by atoms with Gasteiger partial charge in [0.2, 0.25) is 0 Å².